The van der Waals surface area contributed by atoms with Gasteiger partial charge in [-0.1, -0.05) is 6.42 Å². The van der Waals surface area contributed by atoms with Crippen molar-refractivity contribution in [2.75, 3.05) is 46.6 Å². The molecule has 0 bridgehead atoms. The molecule has 24 heavy (non-hydrogen) atoms. The van der Waals surface area contributed by atoms with Crippen molar-refractivity contribution in [1.29, 1.82) is 0 Å². The Labute approximate surface area is 144 Å². The van der Waals surface area contributed by atoms with E-state index in [1.165, 1.54) is 19.3 Å². The van der Waals surface area contributed by atoms with Crippen LogP contribution in [0, 0.1) is 11.8 Å². The van der Waals surface area contributed by atoms with Crippen LogP contribution in [0.2, 0.25) is 0 Å². The van der Waals surface area contributed by atoms with Crippen molar-refractivity contribution in [3.05, 3.63) is 0 Å². The molecule has 1 saturated heterocycles. The van der Waals surface area contributed by atoms with Crippen LogP contribution in [0.3, 0.4) is 0 Å². The highest BCUT2D eigenvalue weighted by Gasteiger charge is 2.31. The van der Waals surface area contributed by atoms with Gasteiger partial charge in [-0.2, -0.15) is 0 Å². The summed E-state index contributed by atoms with van der Waals surface area (Å²) in [7, 11) is 1.58. The van der Waals surface area contributed by atoms with E-state index in [1.54, 1.807) is 7.11 Å². The fourth-order valence-electron chi connectivity index (χ4n) is 3.48. The van der Waals surface area contributed by atoms with E-state index in [4.69, 9.17) is 14.2 Å². The summed E-state index contributed by atoms with van der Waals surface area (Å²) in [6.45, 7) is 4.28. The molecule has 0 aromatic heterocycles. The summed E-state index contributed by atoms with van der Waals surface area (Å²) >= 11 is 0. The number of rotatable bonds is 8. The Morgan fingerprint density at radius 2 is 1.38 bits per heavy atom. The molecule has 1 saturated carbocycles. The molecular formula is C18H31NO5. The minimum atomic E-state index is -0.163. The van der Waals surface area contributed by atoms with Crippen LogP contribution in [0.1, 0.15) is 44.9 Å². The van der Waals surface area contributed by atoms with Gasteiger partial charge in [0.2, 0.25) is 0 Å². The zero-order valence-corrected chi connectivity index (χ0v) is 14.8. The van der Waals surface area contributed by atoms with E-state index in [1.807, 2.05) is 0 Å². The van der Waals surface area contributed by atoms with E-state index >= 15 is 0 Å². The predicted octanol–water partition coefficient (Wildman–Crippen LogP) is 2.01. The predicted molar refractivity (Wildman–Crippen MR) is 89.5 cm³/mol. The largest absolute Gasteiger partial charge is 0.464 e. The third kappa shape index (κ3) is 6.40. The number of methoxy groups -OCH3 is 1. The average molecular weight is 341 g/mol. The van der Waals surface area contributed by atoms with Gasteiger partial charge in [-0.15, -0.1) is 0 Å². The first-order valence-electron chi connectivity index (χ1n) is 9.25. The van der Waals surface area contributed by atoms with E-state index in [2.05, 4.69) is 4.90 Å². The van der Waals surface area contributed by atoms with E-state index in [9.17, 15) is 9.59 Å². The molecular weight excluding hydrogens is 310 g/mol. The van der Waals surface area contributed by atoms with E-state index in [0.717, 1.165) is 19.6 Å². The highest BCUT2D eigenvalue weighted by molar-refractivity contribution is 5.75. The van der Waals surface area contributed by atoms with Crippen molar-refractivity contribution in [3.63, 3.8) is 0 Å². The normalized spacial score (nSPS) is 25.2. The van der Waals surface area contributed by atoms with Gasteiger partial charge in [0.1, 0.15) is 13.2 Å². The third-order valence-electron chi connectivity index (χ3n) is 5.03. The first-order valence-corrected chi connectivity index (χ1v) is 9.25. The van der Waals surface area contributed by atoms with Crippen LogP contribution in [0.25, 0.3) is 0 Å². The molecule has 0 N–H and O–H groups in total. The maximum Gasteiger partial charge on any atom is 0.309 e. The molecule has 2 rings (SSSR count). The quantitative estimate of drug-likeness (QED) is 0.497. The van der Waals surface area contributed by atoms with E-state index in [-0.39, 0.29) is 23.8 Å². The van der Waals surface area contributed by atoms with Gasteiger partial charge in [0.25, 0.3) is 0 Å². The van der Waals surface area contributed by atoms with Gasteiger partial charge in [0, 0.05) is 13.7 Å². The fraction of sp³-hybridized carbons (Fsp3) is 0.889. The lowest BCUT2D eigenvalue weighted by molar-refractivity contribution is -0.156. The maximum absolute atomic E-state index is 12.2. The van der Waals surface area contributed by atoms with Crippen LogP contribution in [0.5, 0.6) is 0 Å². The highest BCUT2D eigenvalue weighted by atomic mass is 16.6. The Morgan fingerprint density at radius 1 is 0.833 bits per heavy atom. The molecule has 2 aliphatic rings. The smallest absolute Gasteiger partial charge is 0.309 e. The topological polar surface area (TPSA) is 65.1 Å². The van der Waals surface area contributed by atoms with Crippen LogP contribution in [0.15, 0.2) is 0 Å². The Bertz CT molecular complexity index is 387. The minimum Gasteiger partial charge on any atom is -0.464 e. The van der Waals surface area contributed by atoms with Gasteiger partial charge in [-0.25, -0.2) is 0 Å². The summed E-state index contributed by atoms with van der Waals surface area (Å²) in [5, 5.41) is 0. The molecule has 1 heterocycles. The first-order chi connectivity index (χ1) is 11.7. The van der Waals surface area contributed by atoms with Crippen molar-refractivity contribution in [3.8, 4) is 0 Å². The summed E-state index contributed by atoms with van der Waals surface area (Å²) < 4.78 is 15.5. The zero-order valence-electron chi connectivity index (χ0n) is 14.8. The number of hydrogen-bond donors (Lipinski definition) is 0. The standard InChI is InChI=1S/C18H31NO5/c1-22-13-14-24-18(21)16-7-5-15(6-8-16)17(20)23-12-11-19-9-3-2-4-10-19/h15-16H,2-14H2,1H3. The summed E-state index contributed by atoms with van der Waals surface area (Å²) in [4.78, 5) is 26.4. The van der Waals surface area contributed by atoms with E-state index < -0.39 is 0 Å². The lowest BCUT2D eigenvalue weighted by atomic mass is 9.82. The number of hydrogen-bond acceptors (Lipinski definition) is 6. The highest BCUT2D eigenvalue weighted by Crippen LogP contribution is 2.30. The molecule has 1 aliphatic heterocycles. The molecule has 138 valence electrons. The van der Waals surface area contributed by atoms with Crippen molar-refractivity contribution < 1.29 is 23.8 Å². The van der Waals surface area contributed by atoms with E-state index in [0.29, 0.717) is 45.5 Å². The average Bonchev–Trinajstić information content (AvgIpc) is 2.63. The summed E-state index contributed by atoms with van der Waals surface area (Å²) in [6.07, 6.45) is 6.65. The maximum atomic E-state index is 12.2. The molecule has 0 radical (unpaired) electrons. The minimum absolute atomic E-state index is 0.0608. The monoisotopic (exact) mass is 341 g/mol. The van der Waals surface area contributed by atoms with Crippen molar-refractivity contribution in [2.24, 2.45) is 11.8 Å². The lowest BCUT2D eigenvalue weighted by Crippen LogP contribution is -2.34. The molecule has 0 unspecified atom stereocenters. The number of likely N-dealkylation sites (tertiary alicyclic amines) is 1. The summed E-state index contributed by atoms with van der Waals surface area (Å²) in [5.41, 5.74) is 0. The third-order valence-corrected chi connectivity index (χ3v) is 5.03. The Kier molecular flexibility index (Phi) is 8.53. The molecule has 0 amide bonds. The SMILES string of the molecule is COCCOC(=O)C1CCC(C(=O)OCCN2CCCCC2)CC1. The molecule has 0 spiro atoms. The Balaban J connectivity index is 1.58. The molecule has 0 atom stereocenters. The number of nitrogens with zero attached hydrogens (tertiary/aromatic N) is 1. The molecule has 0 aromatic rings. The molecule has 0 aromatic carbocycles. The van der Waals surface area contributed by atoms with Gasteiger partial charge < -0.3 is 14.2 Å². The number of ether oxygens (including phenoxy) is 3. The van der Waals surface area contributed by atoms with Crippen LogP contribution in [0.4, 0.5) is 0 Å². The van der Waals surface area contributed by atoms with Crippen LogP contribution >= 0.6 is 0 Å². The number of carbonyl (C=O) groups is 2. The molecule has 2 fully saturated rings. The second-order valence-corrected chi connectivity index (χ2v) is 6.78. The lowest BCUT2D eigenvalue weighted by Gasteiger charge is -2.28. The Morgan fingerprint density at radius 3 is 1.92 bits per heavy atom. The summed E-state index contributed by atoms with van der Waals surface area (Å²) in [5.74, 6) is -0.407. The van der Waals surface area contributed by atoms with Gasteiger partial charge in [-0.3, -0.25) is 14.5 Å². The van der Waals surface area contributed by atoms with Crippen LogP contribution in [-0.4, -0.2) is 63.4 Å². The second-order valence-electron chi connectivity index (χ2n) is 6.78. The second kappa shape index (κ2) is 10.7. The number of esters is 2. The van der Waals surface area contributed by atoms with Crippen LogP contribution in [-0.2, 0) is 23.8 Å². The Hall–Kier alpha value is -1.14. The number of piperidine rings is 1. The van der Waals surface area contributed by atoms with Crippen molar-refractivity contribution in [2.45, 2.75) is 44.9 Å². The first kappa shape index (κ1) is 19.2. The van der Waals surface area contributed by atoms with Gasteiger partial charge >= 0.3 is 11.9 Å². The molecule has 1 aliphatic carbocycles. The fourth-order valence-corrected chi connectivity index (χ4v) is 3.48. The molecule has 6 heteroatoms. The van der Waals surface area contributed by atoms with Gasteiger partial charge in [0.05, 0.1) is 18.4 Å². The van der Waals surface area contributed by atoms with Crippen molar-refractivity contribution in [1.82, 2.24) is 4.90 Å². The number of carbonyl (C=O) groups excluding carboxylic acids is 2. The van der Waals surface area contributed by atoms with Gasteiger partial charge in [0.15, 0.2) is 0 Å². The van der Waals surface area contributed by atoms with Crippen molar-refractivity contribution >= 4 is 11.9 Å². The van der Waals surface area contributed by atoms with Gasteiger partial charge in [-0.05, 0) is 51.6 Å². The zero-order chi connectivity index (χ0) is 17.2. The van der Waals surface area contributed by atoms with Crippen LogP contribution < -0.4 is 0 Å². The summed E-state index contributed by atoms with van der Waals surface area (Å²) in [6, 6.07) is 0. The molecule has 6 nitrogen and oxygen atoms in total.